The van der Waals surface area contributed by atoms with Crippen LogP contribution in [0.25, 0.3) is 11.3 Å². The minimum atomic E-state index is -0.350. The first kappa shape index (κ1) is 19.3. The number of H-pyrrole nitrogens is 1. The molecule has 2 heterocycles. The molecule has 7 heteroatoms. The Morgan fingerprint density at radius 2 is 1.97 bits per heavy atom. The largest absolute Gasteiger partial charge is 0.497 e. The molecule has 0 bridgehead atoms. The minimum absolute atomic E-state index is 0.120. The Morgan fingerprint density at radius 1 is 1.17 bits per heavy atom. The summed E-state index contributed by atoms with van der Waals surface area (Å²) in [6, 6.07) is 11.0. The van der Waals surface area contributed by atoms with E-state index in [0.29, 0.717) is 36.8 Å². The van der Waals surface area contributed by atoms with Crippen molar-refractivity contribution in [3.05, 3.63) is 59.5 Å². The van der Waals surface area contributed by atoms with E-state index in [0.717, 1.165) is 22.6 Å². The number of methoxy groups -OCH3 is 1. The number of nitrogens with zero attached hydrogens (tertiary/aromatic N) is 2. The molecule has 0 fully saturated rings. The fourth-order valence-electron chi connectivity index (χ4n) is 3.47. The van der Waals surface area contributed by atoms with E-state index in [1.165, 1.54) is 13.2 Å². The Morgan fingerprint density at radius 3 is 2.72 bits per heavy atom. The first-order chi connectivity index (χ1) is 14.1. The first-order valence-corrected chi connectivity index (χ1v) is 9.52. The summed E-state index contributed by atoms with van der Waals surface area (Å²) >= 11 is 0. The highest BCUT2D eigenvalue weighted by Gasteiger charge is 2.20. The lowest BCUT2D eigenvalue weighted by Gasteiger charge is -2.26. The van der Waals surface area contributed by atoms with E-state index in [1.807, 2.05) is 25.2 Å². The molecular formula is C22H24FN3O3. The second-order valence-corrected chi connectivity index (χ2v) is 7.11. The smallest absolute Gasteiger partial charge is 0.161 e. The second-order valence-electron chi connectivity index (χ2n) is 7.11. The van der Waals surface area contributed by atoms with Crippen molar-refractivity contribution in [2.45, 2.75) is 19.5 Å². The molecule has 0 radical (unpaired) electrons. The van der Waals surface area contributed by atoms with Crippen molar-refractivity contribution in [1.29, 1.82) is 0 Å². The topological polar surface area (TPSA) is 59.6 Å². The zero-order chi connectivity index (χ0) is 20.4. The third-order valence-corrected chi connectivity index (χ3v) is 5.29. The number of ether oxygens (including phenoxy) is 3. The van der Waals surface area contributed by atoms with Gasteiger partial charge in [-0.1, -0.05) is 6.07 Å². The molecule has 0 amide bonds. The molecule has 0 unspecified atom stereocenters. The van der Waals surface area contributed by atoms with Gasteiger partial charge in [-0.05, 0) is 43.8 Å². The van der Waals surface area contributed by atoms with E-state index in [1.54, 1.807) is 18.3 Å². The average molecular weight is 397 g/mol. The summed E-state index contributed by atoms with van der Waals surface area (Å²) in [6.07, 6.45) is 1.74. The van der Waals surface area contributed by atoms with Gasteiger partial charge in [0, 0.05) is 29.8 Å². The number of hydrogen-bond acceptors (Lipinski definition) is 5. The molecule has 152 valence electrons. The third-order valence-electron chi connectivity index (χ3n) is 5.29. The molecule has 1 aliphatic rings. The summed E-state index contributed by atoms with van der Waals surface area (Å²) in [5.74, 6) is 1.69. The molecule has 6 nitrogen and oxygen atoms in total. The van der Waals surface area contributed by atoms with Gasteiger partial charge in [-0.3, -0.25) is 10.00 Å². The van der Waals surface area contributed by atoms with Crippen LogP contribution in [0.3, 0.4) is 0 Å². The quantitative estimate of drug-likeness (QED) is 0.676. The summed E-state index contributed by atoms with van der Waals surface area (Å²) in [4.78, 5) is 2.18. The van der Waals surface area contributed by atoms with Crippen molar-refractivity contribution in [2.75, 3.05) is 27.4 Å². The van der Waals surface area contributed by atoms with Gasteiger partial charge in [-0.2, -0.15) is 5.10 Å². The van der Waals surface area contributed by atoms with Crippen LogP contribution in [0.5, 0.6) is 17.2 Å². The highest BCUT2D eigenvalue weighted by molar-refractivity contribution is 5.64. The maximum atomic E-state index is 14.5. The van der Waals surface area contributed by atoms with E-state index >= 15 is 0 Å². The molecule has 0 spiro atoms. The number of halogens is 1. The predicted molar refractivity (Wildman–Crippen MR) is 108 cm³/mol. The van der Waals surface area contributed by atoms with Gasteiger partial charge in [0.05, 0.1) is 19.0 Å². The van der Waals surface area contributed by atoms with Crippen molar-refractivity contribution in [3.8, 4) is 28.5 Å². The molecule has 0 saturated carbocycles. The molecule has 0 saturated heterocycles. The first-order valence-electron chi connectivity index (χ1n) is 9.52. The Kier molecular flexibility index (Phi) is 5.40. The fraction of sp³-hybridized carbons (Fsp3) is 0.318. The van der Waals surface area contributed by atoms with Crippen LogP contribution in [0, 0.1) is 5.82 Å². The molecular weight excluding hydrogens is 373 g/mol. The van der Waals surface area contributed by atoms with Crippen molar-refractivity contribution in [1.82, 2.24) is 15.1 Å². The van der Waals surface area contributed by atoms with Crippen molar-refractivity contribution >= 4 is 0 Å². The monoisotopic (exact) mass is 397 g/mol. The summed E-state index contributed by atoms with van der Waals surface area (Å²) in [7, 11) is 3.55. The molecule has 4 rings (SSSR count). The number of aromatic nitrogens is 2. The van der Waals surface area contributed by atoms with E-state index in [4.69, 9.17) is 14.2 Å². The summed E-state index contributed by atoms with van der Waals surface area (Å²) in [5, 5.41) is 7.07. The zero-order valence-corrected chi connectivity index (χ0v) is 16.7. The van der Waals surface area contributed by atoms with Gasteiger partial charge in [0.1, 0.15) is 24.8 Å². The number of benzene rings is 2. The lowest BCUT2D eigenvalue weighted by molar-refractivity contribution is 0.170. The van der Waals surface area contributed by atoms with Crippen LogP contribution in [-0.4, -0.2) is 42.5 Å². The average Bonchev–Trinajstić information content (AvgIpc) is 3.20. The number of hydrogen-bond donors (Lipinski definition) is 1. The number of aromatic amines is 1. The summed E-state index contributed by atoms with van der Waals surface area (Å²) in [5.41, 5.74) is 3.18. The molecule has 1 aliphatic heterocycles. The molecule has 29 heavy (non-hydrogen) atoms. The van der Waals surface area contributed by atoms with Gasteiger partial charge in [0.25, 0.3) is 0 Å². The van der Waals surface area contributed by atoms with Crippen LogP contribution < -0.4 is 14.2 Å². The van der Waals surface area contributed by atoms with E-state index in [-0.39, 0.29) is 11.9 Å². The lowest BCUT2D eigenvalue weighted by atomic mass is 10.0. The van der Waals surface area contributed by atoms with Crippen molar-refractivity contribution in [2.24, 2.45) is 0 Å². The predicted octanol–water partition coefficient (Wildman–Crippen LogP) is 4.19. The Hall–Kier alpha value is -3.06. The fourth-order valence-corrected chi connectivity index (χ4v) is 3.47. The zero-order valence-electron chi connectivity index (χ0n) is 16.7. The van der Waals surface area contributed by atoms with E-state index in [2.05, 4.69) is 22.0 Å². The maximum Gasteiger partial charge on any atom is 0.161 e. The van der Waals surface area contributed by atoms with Crippen molar-refractivity contribution in [3.63, 3.8) is 0 Å². The lowest BCUT2D eigenvalue weighted by Crippen LogP contribution is -2.22. The standard InChI is InChI=1S/C22H24FN3O3/c1-14(15-4-7-20-21(10-15)29-9-8-28-20)26(2)13-16-12-24-25-22(16)18-6-5-17(27-3)11-19(18)23/h4-7,10-12,14H,8-9,13H2,1-3H3,(H,24,25)/t14-/m1/s1. The van der Waals surface area contributed by atoms with Crippen LogP contribution in [0.2, 0.25) is 0 Å². The minimum Gasteiger partial charge on any atom is -0.497 e. The highest BCUT2D eigenvalue weighted by atomic mass is 19.1. The van der Waals surface area contributed by atoms with Crippen LogP contribution in [0.1, 0.15) is 24.1 Å². The second kappa shape index (κ2) is 8.13. The van der Waals surface area contributed by atoms with Crippen LogP contribution in [0.4, 0.5) is 4.39 Å². The maximum absolute atomic E-state index is 14.5. The van der Waals surface area contributed by atoms with Gasteiger partial charge >= 0.3 is 0 Å². The molecule has 2 aromatic carbocycles. The van der Waals surface area contributed by atoms with E-state index in [9.17, 15) is 4.39 Å². The summed E-state index contributed by atoms with van der Waals surface area (Å²) < 4.78 is 30.9. The SMILES string of the molecule is COc1ccc(-c2[nH]ncc2CN(C)[C@H](C)c2ccc3c(c2)OCCO3)c(F)c1. The molecule has 1 N–H and O–H groups in total. The number of nitrogens with one attached hydrogen (secondary N) is 1. The number of fused-ring (bicyclic) bond motifs is 1. The van der Waals surface area contributed by atoms with Gasteiger partial charge in [0.15, 0.2) is 11.5 Å². The van der Waals surface area contributed by atoms with Crippen LogP contribution in [0.15, 0.2) is 42.6 Å². The summed E-state index contributed by atoms with van der Waals surface area (Å²) in [6.45, 7) is 3.87. The van der Waals surface area contributed by atoms with Crippen LogP contribution in [-0.2, 0) is 6.54 Å². The van der Waals surface area contributed by atoms with Crippen LogP contribution >= 0.6 is 0 Å². The van der Waals surface area contributed by atoms with Gasteiger partial charge in [-0.15, -0.1) is 0 Å². The molecule has 1 aromatic heterocycles. The van der Waals surface area contributed by atoms with Gasteiger partial charge < -0.3 is 14.2 Å². The van der Waals surface area contributed by atoms with Gasteiger partial charge in [0.2, 0.25) is 0 Å². The third kappa shape index (κ3) is 3.91. The van der Waals surface area contributed by atoms with Gasteiger partial charge in [-0.25, -0.2) is 4.39 Å². The Labute approximate surface area is 169 Å². The molecule has 1 atom stereocenters. The molecule has 0 aliphatic carbocycles. The van der Waals surface area contributed by atoms with Crippen molar-refractivity contribution < 1.29 is 18.6 Å². The normalized spacial score (nSPS) is 14.1. The molecule has 3 aromatic rings. The number of rotatable bonds is 6. The highest BCUT2D eigenvalue weighted by Crippen LogP contribution is 2.34. The van der Waals surface area contributed by atoms with E-state index < -0.39 is 0 Å². The Bertz CT molecular complexity index is 1000. The Balaban J connectivity index is 1.53.